The zero-order valence-corrected chi connectivity index (χ0v) is 10.7. The van der Waals surface area contributed by atoms with Crippen LogP contribution in [-0.2, 0) is 6.54 Å². The van der Waals surface area contributed by atoms with Gasteiger partial charge in [0, 0.05) is 31.9 Å². The SMILES string of the molecule is CCCN(CCNCc1ccccn1)C1CC1. The van der Waals surface area contributed by atoms with Crippen LogP contribution in [0.2, 0.25) is 0 Å². The van der Waals surface area contributed by atoms with Crippen LogP contribution >= 0.6 is 0 Å². The Morgan fingerprint density at radius 1 is 1.35 bits per heavy atom. The van der Waals surface area contributed by atoms with Crippen molar-refractivity contribution in [1.82, 2.24) is 15.2 Å². The molecule has 0 aromatic carbocycles. The second-order valence-corrected chi connectivity index (χ2v) is 4.76. The summed E-state index contributed by atoms with van der Waals surface area (Å²) in [5.74, 6) is 0. The minimum atomic E-state index is 0.880. The molecule has 1 aliphatic carbocycles. The van der Waals surface area contributed by atoms with Gasteiger partial charge in [-0.05, 0) is 37.9 Å². The van der Waals surface area contributed by atoms with Crippen molar-refractivity contribution in [2.45, 2.75) is 38.8 Å². The first-order valence-corrected chi connectivity index (χ1v) is 6.75. The third-order valence-electron chi connectivity index (χ3n) is 3.18. The minimum Gasteiger partial charge on any atom is -0.310 e. The molecule has 1 saturated carbocycles. The number of hydrogen-bond acceptors (Lipinski definition) is 3. The maximum Gasteiger partial charge on any atom is 0.0541 e. The molecule has 3 nitrogen and oxygen atoms in total. The Hall–Kier alpha value is -0.930. The Balaban J connectivity index is 1.61. The minimum absolute atomic E-state index is 0.880. The van der Waals surface area contributed by atoms with Crippen molar-refractivity contribution in [3.8, 4) is 0 Å². The highest BCUT2D eigenvalue weighted by Gasteiger charge is 2.27. The molecule has 0 unspecified atom stereocenters. The number of pyridine rings is 1. The van der Waals surface area contributed by atoms with Crippen molar-refractivity contribution in [2.75, 3.05) is 19.6 Å². The van der Waals surface area contributed by atoms with E-state index in [1.165, 1.54) is 32.4 Å². The topological polar surface area (TPSA) is 28.2 Å². The highest BCUT2D eigenvalue weighted by atomic mass is 15.2. The average molecular weight is 233 g/mol. The molecule has 3 heteroatoms. The highest BCUT2D eigenvalue weighted by molar-refractivity contribution is 5.02. The molecule has 0 amide bonds. The van der Waals surface area contributed by atoms with Gasteiger partial charge in [0.05, 0.1) is 5.69 Å². The van der Waals surface area contributed by atoms with Gasteiger partial charge in [0.2, 0.25) is 0 Å². The molecule has 1 aliphatic rings. The monoisotopic (exact) mass is 233 g/mol. The predicted octanol–water partition coefficient (Wildman–Crippen LogP) is 2.05. The van der Waals surface area contributed by atoms with E-state index in [0.29, 0.717) is 0 Å². The lowest BCUT2D eigenvalue weighted by Gasteiger charge is -2.21. The molecule has 0 atom stereocenters. The van der Waals surface area contributed by atoms with Crippen molar-refractivity contribution < 1.29 is 0 Å². The Kier molecular flexibility index (Phi) is 4.95. The van der Waals surface area contributed by atoms with Crippen LogP contribution in [0.4, 0.5) is 0 Å². The smallest absolute Gasteiger partial charge is 0.0541 e. The largest absolute Gasteiger partial charge is 0.310 e. The molecule has 1 aromatic rings. The van der Waals surface area contributed by atoms with Gasteiger partial charge in [-0.1, -0.05) is 13.0 Å². The summed E-state index contributed by atoms with van der Waals surface area (Å²) >= 11 is 0. The Bertz CT molecular complexity index is 309. The van der Waals surface area contributed by atoms with Crippen LogP contribution in [0.25, 0.3) is 0 Å². The van der Waals surface area contributed by atoms with E-state index in [2.05, 4.69) is 28.2 Å². The summed E-state index contributed by atoms with van der Waals surface area (Å²) in [6, 6.07) is 6.95. The third kappa shape index (κ3) is 4.44. The molecular formula is C14H23N3. The molecule has 1 heterocycles. The van der Waals surface area contributed by atoms with E-state index < -0.39 is 0 Å². The average Bonchev–Trinajstić information content (AvgIpc) is 3.19. The first-order chi connectivity index (χ1) is 8.40. The molecule has 1 aromatic heterocycles. The summed E-state index contributed by atoms with van der Waals surface area (Å²) in [7, 11) is 0. The zero-order valence-electron chi connectivity index (χ0n) is 10.7. The quantitative estimate of drug-likeness (QED) is 0.697. The fourth-order valence-corrected chi connectivity index (χ4v) is 2.15. The number of aromatic nitrogens is 1. The second kappa shape index (κ2) is 6.72. The normalized spacial score (nSPS) is 15.4. The summed E-state index contributed by atoms with van der Waals surface area (Å²) in [5.41, 5.74) is 1.13. The van der Waals surface area contributed by atoms with E-state index in [0.717, 1.165) is 24.8 Å². The van der Waals surface area contributed by atoms with Crippen LogP contribution in [0.3, 0.4) is 0 Å². The number of nitrogens with one attached hydrogen (secondary N) is 1. The maximum atomic E-state index is 4.30. The molecule has 0 radical (unpaired) electrons. The van der Waals surface area contributed by atoms with E-state index in [9.17, 15) is 0 Å². The Morgan fingerprint density at radius 3 is 2.88 bits per heavy atom. The molecule has 0 bridgehead atoms. The fourth-order valence-electron chi connectivity index (χ4n) is 2.15. The van der Waals surface area contributed by atoms with Crippen molar-refractivity contribution >= 4 is 0 Å². The lowest BCUT2D eigenvalue weighted by atomic mass is 10.3. The van der Waals surface area contributed by atoms with E-state index >= 15 is 0 Å². The van der Waals surface area contributed by atoms with Crippen LogP contribution in [0.15, 0.2) is 24.4 Å². The third-order valence-corrected chi connectivity index (χ3v) is 3.18. The van der Waals surface area contributed by atoms with Gasteiger partial charge in [-0.3, -0.25) is 9.88 Å². The van der Waals surface area contributed by atoms with Crippen molar-refractivity contribution in [3.05, 3.63) is 30.1 Å². The lowest BCUT2D eigenvalue weighted by Crippen LogP contribution is -2.34. The fraction of sp³-hybridized carbons (Fsp3) is 0.643. The molecule has 0 aliphatic heterocycles. The van der Waals surface area contributed by atoms with E-state index in [1.807, 2.05) is 18.3 Å². The molecule has 2 rings (SSSR count). The van der Waals surface area contributed by atoms with Gasteiger partial charge >= 0.3 is 0 Å². The summed E-state index contributed by atoms with van der Waals surface area (Å²) in [5, 5.41) is 3.47. The van der Waals surface area contributed by atoms with Crippen molar-refractivity contribution in [3.63, 3.8) is 0 Å². The summed E-state index contributed by atoms with van der Waals surface area (Å²) in [4.78, 5) is 6.92. The molecular weight excluding hydrogens is 210 g/mol. The van der Waals surface area contributed by atoms with Crippen LogP contribution in [0.1, 0.15) is 31.9 Å². The Morgan fingerprint density at radius 2 is 2.24 bits per heavy atom. The summed E-state index contributed by atoms with van der Waals surface area (Å²) in [6.45, 7) is 6.62. The highest BCUT2D eigenvalue weighted by Crippen LogP contribution is 2.26. The standard InChI is InChI=1S/C14H23N3/c1-2-10-17(14-6-7-14)11-9-15-12-13-5-3-4-8-16-13/h3-5,8,14-15H,2,6-7,9-12H2,1H3. The zero-order chi connectivity index (χ0) is 11.9. The van der Waals surface area contributed by atoms with Crippen LogP contribution in [0, 0.1) is 0 Å². The summed E-state index contributed by atoms with van der Waals surface area (Å²) in [6.07, 6.45) is 5.92. The van der Waals surface area contributed by atoms with Crippen LogP contribution < -0.4 is 5.32 Å². The first-order valence-electron chi connectivity index (χ1n) is 6.75. The molecule has 1 fully saturated rings. The Labute approximate surface area is 104 Å². The van der Waals surface area contributed by atoms with E-state index in [1.54, 1.807) is 0 Å². The van der Waals surface area contributed by atoms with Gasteiger partial charge in [0.1, 0.15) is 0 Å². The number of nitrogens with zero attached hydrogens (tertiary/aromatic N) is 2. The van der Waals surface area contributed by atoms with Gasteiger partial charge in [-0.25, -0.2) is 0 Å². The van der Waals surface area contributed by atoms with Crippen LogP contribution in [0.5, 0.6) is 0 Å². The second-order valence-electron chi connectivity index (χ2n) is 4.76. The first kappa shape index (κ1) is 12.5. The van der Waals surface area contributed by atoms with Gasteiger partial charge in [-0.2, -0.15) is 0 Å². The molecule has 1 N–H and O–H groups in total. The van der Waals surface area contributed by atoms with Crippen molar-refractivity contribution in [2.24, 2.45) is 0 Å². The molecule has 94 valence electrons. The molecule has 0 spiro atoms. The van der Waals surface area contributed by atoms with Crippen LogP contribution in [-0.4, -0.2) is 35.6 Å². The molecule has 17 heavy (non-hydrogen) atoms. The van der Waals surface area contributed by atoms with Crippen molar-refractivity contribution in [1.29, 1.82) is 0 Å². The van der Waals surface area contributed by atoms with Gasteiger partial charge in [0.15, 0.2) is 0 Å². The maximum absolute atomic E-state index is 4.30. The van der Waals surface area contributed by atoms with Gasteiger partial charge in [0.25, 0.3) is 0 Å². The predicted molar refractivity (Wildman–Crippen MR) is 70.8 cm³/mol. The lowest BCUT2D eigenvalue weighted by molar-refractivity contribution is 0.263. The number of hydrogen-bond donors (Lipinski definition) is 1. The number of rotatable bonds is 8. The van der Waals surface area contributed by atoms with Gasteiger partial charge in [-0.15, -0.1) is 0 Å². The molecule has 0 saturated heterocycles. The van der Waals surface area contributed by atoms with E-state index in [4.69, 9.17) is 0 Å². The van der Waals surface area contributed by atoms with Gasteiger partial charge < -0.3 is 5.32 Å². The van der Waals surface area contributed by atoms with E-state index in [-0.39, 0.29) is 0 Å². The summed E-state index contributed by atoms with van der Waals surface area (Å²) < 4.78 is 0.